The summed E-state index contributed by atoms with van der Waals surface area (Å²) < 4.78 is 21.2. The number of aliphatic hydroxyl groups excluding tert-OH is 1. The standard InChI is InChI=1S/C28H32FNO3Si/c1-18-24(33-25(16-17-31)27(18)34(2,3)29)15-12-19-10-13-21(14-11-19)30-23-9-5-7-20-6-4-8-22(26(20)23)28(30)32/h4-11,13-14,18,24-25,27,31H,12,15-17H2,1-3H3/t18-,24+,25-,27+/m1/s1. The molecule has 2 heterocycles. The van der Waals surface area contributed by atoms with Crippen LogP contribution >= 0.6 is 0 Å². The molecule has 0 aromatic heterocycles. The second-order valence-electron chi connectivity index (χ2n) is 10.2. The van der Waals surface area contributed by atoms with Gasteiger partial charge < -0.3 is 14.0 Å². The number of amides is 1. The van der Waals surface area contributed by atoms with E-state index in [1.165, 1.54) is 5.56 Å². The van der Waals surface area contributed by atoms with Crippen molar-refractivity contribution in [2.75, 3.05) is 11.5 Å². The van der Waals surface area contributed by atoms with E-state index in [1.807, 2.05) is 48.5 Å². The molecule has 0 saturated carbocycles. The first-order chi connectivity index (χ1) is 16.3. The molecule has 0 radical (unpaired) electrons. The summed E-state index contributed by atoms with van der Waals surface area (Å²) in [5.74, 6) is 0.149. The van der Waals surface area contributed by atoms with Gasteiger partial charge in [0.15, 0.2) is 0 Å². The molecule has 3 aromatic rings. The van der Waals surface area contributed by atoms with Gasteiger partial charge in [0.25, 0.3) is 5.91 Å². The molecule has 4 atom stereocenters. The van der Waals surface area contributed by atoms with Crippen molar-refractivity contribution in [2.24, 2.45) is 5.92 Å². The van der Waals surface area contributed by atoms with Gasteiger partial charge in [-0.25, -0.2) is 0 Å². The van der Waals surface area contributed by atoms with E-state index in [1.54, 1.807) is 18.0 Å². The lowest BCUT2D eigenvalue weighted by Crippen LogP contribution is -2.36. The van der Waals surface area contributed by atoms with Crippen LogP contribution in [0.25, 0.3) is 10.8 Å². The highest BCUT2D eigenvalue weighted by atomic mass is 28.4. The van der Waals surface area contributed by atoms with E-state index in [2.05, 4.69) is 19.1 Å². The molecule has 1 amide bonds. The van der Waals surface area contributed by atoms with Gasteiger partial charge in [0.2, 0.25) is 8.41 Å². The van der Waals surface area contributed by atoms with Crippen LogP contribution in [0.15, 0.2) is 60.7 Å². The van der Waals surface area contributed by atoms with Crippen LogP contribution in [0, 0.1) is 5.92 Å². The Morgan fingerprint density at radius 1 is 1.00 bits per heavy atom. The molecule has 5 rings (SSSR count). The maximum Gasteiger partial charge on any atom is 0.263 e. The monoisotopic (exact) mass is 477 g/mol. The van der Waals surface area contributed by atoms with Gasteiger partial charge in [0, 0.05) is 23.2 Å². The molecule has 6 heteroatoms. The number of hydrogen-bond donors (Lipinski definition) is 1. The summed E-state index contributed by atoms with van der Waals surface area (Å²) in [7, 11) is -2.89. The number of hydrogen-bond acceptors (Lipinski definition) is 3. The summed E-state index contributed by atoms with van der Waals surface area (Å²) in [6, 6.07) is 20.0. The van der Waals surface area contributed by atoms with E-state index < -0.39 is 8.41 Å². The minimum atomic E-state index is -2.89. The molecule has 0 bridgehead atoms. The van der Waals surface area contributed by atoms with Gasteiger partial charge in [0.05, 0.1) is 23.5 Å². The number of aryl methyl sites for hydroxylation is 1. The van der Waals surface area contributed by atoms with Crippen LogP contribution in [-0.4, -0.2) is 38.2 Å². The van der Waals surface area contributed by atoms with Gasteiger partial charge in [-0.15, -0.1) is 0 Å². The predicted octanol–water partition coefficient (Wildman–Crippen LogP) is 6.40. The Bertz CT molecular complexity index is 1200. The Labute approximate surface area is 201 Å². The van der Waals surface area contributed by atoms with Crippen LogP contribution in [0.3, 0.4) is 0 Å². The van der Waals surface area contributed by atoms with Crippen molar-refractivity contribution in [3.63, 3.8) is 0 Å². The smallest absolute Gasteiger partial charge is 0.263 e. The Kier molecular flexibility index (Phi) is 6.08. The minimum Gasteiger partial charge on any atom is -0.396 e. The van der Waals surface area contributed by atoms with Crippen LogP contribution in [-0.2, 0) is 11.2 Å². The Balaban J connectivity index is 1.30. The molecular weight excluding hydrogens is 445 g/mol. The van der Waals surface area contributed by atoms with E-state index in [4.69, 9.17) is 4.74 Å². The molecule has 34 heavy (non-hydrogen) atoms. The molecule has 3 aromatic carbocycles. The lowest BCUT2D eigenvalue weighted by molar-refractivity contribution is 0.0193. The number of nitrogens with zero attached hydrogens (tertiary/aromatic N) is 1. The van der Waals surface area contributed by atoms with Crippen molar-refractivity contribution in [1.29, 1.82) is 0 Å². The second kappa shape index (κ2) is 8.91. The highest BCUT2D eigenvalue weighted by Gasteiger charge is 2.50. The third-order valence-corrected chi connectivity index (χ3v) is 10.1. The maximum atomic E-state index is 15.0. The summed E-state index contributed by atoms with van der Waals surface area (Å²) in [4.78, 5) is 15.0. The summed E-state index contributed by atoms with van der Waals surface area (Å²) >= 11 is 0. The van der Waals surface area contributed by atoms with Gasteiger partial charge in [-0.05, 0) is 73.5 Å². The summed E-state index contributed by atoms with van der Waals surface area (Å²) in [5, 5.41) is 11.5. The van der Waals surface area contributed by atoms with Crippen molar-refractivity contribution in [3.8, 4) is 0 Å². The zero-order chi connectivity index (χ0) is 24.0. The van der Waals surface area contributed by atoms with Crippen molar-refractivity contribution in [1.82, 2.24) is 0 Å². The third-order valence-electron chi connectivity index (χ3n) is 7.58. The normalized spacial score (nSPS) is 24.4. The molecule has 178 valence electrons. The number of carbonyl (C=O) groups is 1. The lowest BCUT2D eigenvalue weighted by atomic mass is 9.95. The molecule has 2 aliphatic heterocycles. The SMILES string of the molecule is C[C@H]1[C@H]([Si](C)(C)F)[C@@H](CCO)O[C@H]1CCc1ccc(N2C(=O)c3cccc4cccc2c34)cc1. The number of carbonyl (C=O) groups excluding carboxylic acids is 1. The highest BCUT2D eigenvalue weighted by molar-refractivity contribution is 6.72. The van der Waals surface area contributed by atoms with E-state index in [-0.39, 0.29) is 36.2 Å². The average molecular weight is 478 g/mol. The fraction of sp³-hybridized carbons (Fsp3) is 0.393. The van der Waals surface area contributed by atoms with E-state index in [0.29, 0.717) is 6.42 Å². The third kappa shape index (κ3) is 3.98. The quantitative estimate of drug-likeness (QED) is 0.317. The summed E-state index contributed by atoms with van der Waals surface area (Å²) in [6.07, 6.45) is 1.95. The molecule has 1 saturated heterocycles. The molecule has 0 aliphatic carbocycles. The van der Waals surface area contributed by atoms with Crippen LogP contribution in [0.4, 0.5) is 15.5 Å². The molecule has 1 fully saturated rings. The second-order valence-corrected chi connectivity index (χ2v) is 14.0. The average Bonchev–Trinajstić information content (AvgIpc) is 3.28. The van der Waals surface area contributed by atoms with Gasteiger partial charge in [-0.3, -0.25) is 9.69 Å². The van der Waals surface area contributed by atoms with Crippen LogP contribution in [0.2, 0.25) is 18.6 Å². The highest BCUT2D eigenvalue weighted by Crippen LogP contribution is 2.47. The van der Waals surface area contributed by atoms with Crippen molar-refractivity contribution >= 4 is 36.5 Å². The first-order valence-electron chi connectivity index (χ1n) is 12.2. The van der Waals surface area contributed by atoms with Gasteiger partial charge >= 0.3 is 0 Å². The Morgan fingerprint density at radius 2 is 1.71 bits per heavy atom. The Morgan fingerprint density at radius 3 is 2.38 bits per heavy atom. The minimum absolute atomic E-state index is 0.00369. The van der Waals surface area contributed by atoms with Gasteiger partial charge in [0.1, 0.15) is 0 Å². The number of benzene rings is 3. The number of aliphatic hydroxyl groups is 1. The zero-order valence-electron chi connectivity index (χ0n) is 20.0. The van der Waals surface area contributed by atoms with Crippen molar-refractivity contribution in [2.45, 2.75) is 57.0 Å². The molecule has 1 N–H and O–H groups in total. The number of anilines is 2. The number of rotatable bonds is 7. The van der Waals surface area contributed by atoms with Crippen LogP contribution in [0.5, 0.6) is 0 Å². The molecule has 4 nitrogen and oxygen atoms in total. The number of ether oxygens (including phenoxy) is 1. The maximum absolute atomic E-state index is 15.0. The summed E-state index contributed by atoms with van der Waals surface area (Å²) in [5.41, 5.74) is 3.61. The fourth-order valence-corrected chi connectivity index (χ4v) is 8.66. The molecule has 0 unspecified atom stereocenters. The molecule has 2 aliphatic rings. The van der Waals surface area contributed by atoms with Crippen LogP contribution < -0.4 is 4.90 Å². The van der Waals surface area contributed by atoms with Gasteiger partial charge in [-0.2, -0.15) is 0 Å². The topological polar surface area (TPSA) is 49.8 Å². The lowest BCUT2D eigenvalue weighted by Gasteiger charge is -2.28. The van der Waals surface area contributed by atoms with E-state index in [0.717, 1.165) is 40.6 Å². The molecular formula is C28H32FNO3Si. The number of halogens is 1. The molecule has 0 spiro atoms. The first kappa shape index (κ1) is 23.2. The van der Waals surface area contributed by atoms with E-state index in [9.17, 15) is 9.90 Å². The summed E-state index contributed by atoms with van der Waals surface area (Å²) in [6.45, 7) is 5.63. The Hall–Kier alpha value is -2.54. The van der Waals surface area contributed by atoms with E-state index >= 15 is 4.11 Å². The van der Waals surface area contributed by atoms with Crippen molar-refractivity contribution in [3.05, 3.63) is 71.8 Å². The fourth-order valence-electron chi connectivity index (χ4n) is 6.07. The largest absolute Gasteiger partial charge is 0.396 e. The van der Waals surface area contributed by atoms with Crippen LogP contribution in [0.1, 0.15) is 35.7 Å². The predicted molar refractivity (Wildman–Crippen MR) is 137 cm³/mol. The van der Waals surface area contributed by atoms with Gasteiger partial charge in [-0.1, -0.05) is 43.3 Å². The first-order valence-corrected chi connectivity index (χ1v) is 15.2. The van der Waals surface area contributed by atoms with Crippen molar-refractivity contribution < 1.29 is 18.7 Å². The zero-order valence-corrected chi connectivity index (χ0v) is 21.0.